The van der Waals surface area contributed by atoms with Crippen LogP contribution in [0.5, 0.6) is 11.5 Å². The van der Waals surface area contributed by atoms with Gasteiger partial charge in [-0.15, -0.1) is 0 Å². The summed E-state index contributed by atoms with van der Waals surface area (Å²) in [6.07, 6.45) is -0.611. The minimum Gasteiger partial charge on any atom is -0.492 e. The molecule has 2 rings (SSSR count). The quantitative estimate of drug-likeness (QED) is 0.718. The molecule has 0 radical (unpaired) electrons. The van der Waals surface area contributed by atoms with Gasteiger partial charge in [0.05, 0.1) is 6.54 Å². The number of ether oxygens (including phenoxy) is 2. The lowest BCUT2D eigenvalue weighted by Gasteiger charge is -2.19. The molecule has 26 heavy (non-hydrogen) atoms. The van der Waals surface area contributed by atoms with E-state index in [2.05, 4.69) is 19.2 Å². The summed E-state index contributed by atoms with van der Waals surface area (Å²) in [5, 5.41) is 2.78. The summed E-state index contributed by atoms with van der Waals surface area (Å²) in [6, 6.07) is 11.8. The number of benzene rings is 2. The second kappa shape index (κ2) is 9.22. The van der Waals surface area contributed by atoms with Gasteiger partial charge >= 0.3 is 0 Å². The van der Waals surface area contributed by atoms with Crippen molar-refractivity contribution in [2.45, 2.75) is 39.7 Å². The summed E-state index contributed by atoms with van der Waals surface area (Å²) in [5.41, 5.74) is 2.17. The van der Waals surface area contributed by atoms with Crippen molar-refractivity contribution in [1.82, 2.24) is 5.32 Å². The standard InChI is InChI=1S/C21H26FNO3/c1-14(2)19-10-5-15(3)13-20(19)26-16(4)21(24)23-11-12-25-18-8-6-17(22)7-9-18/h5-10,13-14,16H,11-12H2,1-4H3,(H,23,24). The van der Waals surface area contributed by atoms with Gasteiger partial charge in [0.2, 0.25) is 0 Å². The zero-order valence-corrected chi connectivity index (χ0v) is 15.7. The molecule has 0 saturated heterocycles. The van der Waals surface area contributed by atoms with Crippen LogP contribution >= 0.6 is 0 Å². The third kappa shape index (κ3) is 5.76. The highest BCUT2D eigenvalue weighted by molar-refractivity contribution is 5.80. The van der Waals surface area contributed by atoms with Gasteiger partial charge < -0.3 is 14.8 Å². The first-order chi connectivity index (χ1) is 12.4. The fourth-order valence-corrected chi connectivity index (χ4v) is 2.48. The first-order valence-electron chi connectivity index (χ1n) is 8.80. The minimum absolute atomic E-state index is 0.205. The van der Waals surface area contributed by atoms with Gasteiger partial charge in [-0.2, -0.15) is 0 Å². The Balaban J connectivity index is 1.82. The Morgan fingerprint density at radius 1 is 1.12 bits per heavy atom. The molecular weight excluding hydrogens is 333 g/mol. The molecule has 0 heterocycles. The van der Waals surface area contributed by atoms with Crippen molar-refractivity contribution < 1.29 is 18.7 Å². The Hall–Kier alpha value is -2.56. The molecule has 0 aromatic heterocycles. The first kappa shape index (κ1) is 19.8. The number of amides is 1. The second-order valence-electron chi connectivity index (χ2n) is 6.55. The van der Waals surface area contributed by atoms with Crippen LogP contribution in [-0.2, 0) is 4.79 Å². The zero-order chi connectivity index (χ0) is 19.1. The summed E-state index contributed by atoms with van der Waals surface area (Å²) in [7, 11) is 0. The van der Waals surface area contributed by atoms with E-state index in [0.717, 1.165) is 16.9 Å². The molecule has 1 amide bonds. The predicted octanol–water partition coefficient (Wildman–Crippen LogP) is 4.22. The number of hydrogen-bond donors (Lipinski definition) is 1. The summed E-state index contributed by atoms with van der Waals surface area (Å²) in [4.78, 5) is 12.2. The predicted molar refractivity (Wildman–Crippen MR) is 100 cm³/mol. The number of hydrogen-bond acceptors (Lipinski definition) is 3. The molecule has 0 aliphatic carbocycles. The molecule has 2 aromatic carbocycles. The maximum atomic E-state index is 12.8. The van der Waals surface area contributed by atoms with Crippen LogP contribution in [0, 0.1) is 12.7 Å². The third-order valence-corrected chi connectivity index (χ3v) is 3.95. The number of carbonyl (C=O) groups excluding carboxylic acids is 1. The number of rotatable bonds is 8. The van der Waals surface area contributed by atoms with E-state index >= 15 is 0 Å². The lowest BCUT2D eigenvalue weighted by atomic mass is 10.0. The largest absolute Gasteiger partial charge is 0.492 e. The lowest BCUT2D eigenvalue weighted by molar-refractivity contribution is -0.127. The molecule has 0 aliphatic rings. The van der Waals surface area contributed by atoms with Crippen molar-refractivity contribution in [2.75, 3.05) is 13.2 Å². The molecule has 0 spiro atoms. The number of nitrogens with one attached hydrogen (secondary N) is 1. The molecule has 0 fully saturated rings. The van der Waals surface area contributed by atoms with Gasteiger partial charge in [0, 0.05) is 0 Å². The van der Waals surface area contributed by atoms with Gasteiger partial charge in [-0.3, -0.25) is 4.79 Å². The molecule has 5 heteroatoms. The number of aryl methyl sites for hydroxylation is 1. The van der Waals surface area contributed by atoms with Crippen LogP contribution in [0.15, 0.2) is 42.5 Å². The Morgan fingerprint density at radius 3 is 2.46 bits per heavy atom. The van der Waals surface area contributed by atoms with Gasteiger partial charge in [-0.05, 0) is 61.2 Å². The first-order valence-corrected chi connectivity index (χ1v) is 8.80. The van der Waals surface area contributed by atoms with Crippen LogP contribution in [0.3, 0.4) is 0 Å². The van der Waals surface area contributed by atoms with Crippen LogP contribution in [0.4, 0.5) is 4.39 Å². The van der Waals surface area contributed by atoms with E-state index in [-0.39, 0.29) is 11.7 Å². The number of halogens is 1. The molecular formula is C21H26FNO3. The highest BCUT2D eigenvalue weighted by Gasteiger charge is 2.17. The molecule has 140 valence electrons. The van der Waals surface area contributed by atoms with Crippen molar-refractivity contribution in [1.29, 1.82) is 0 Å². The number of carbonyl (C=O) groups is 1. The average Bonchev–Trinajstić information content (AvgIpc) is 2.59. The molecule has 0 bridgehead atoms. The van der Waals surface area contributed by atoms with E-state index in [9.17, 15) is 9.18 Å². The topological polar surface area (TPSA) is 47.6 Å². The highest BCUT2D eigenvalue weighted by atomic mass is 19.1. The molecule has 0 aliphatic heterocycles. The molecule has 1 unspecified atom stereocenters. The van der Waals surface area contributed by atoms with E-state index in [1.807, 2.05) is 25.1 Å². The highest BCUT2D eigenvalue weighted by Crippen LogP contribution is 2.28. The van der Waals surface area contributed by atoms with E-state index in [4.69, 9.17) is 9.47 Å². The zero-order valence-electron chi connectivity index (χ0n) is 15.7. The second-order valence-corrected chi connectivity index (χ2v) is 6.55. The summed E-state index contributed by atoms with van der Waals surface area (Å²) < 4.78 is 24.2. The molecule has 0 saturated carbocycles. The van der Waals surface area contributed by atoms with Gasteiger partial charge in [0.25, 0.3) is 5.91 Å². The summed E-state index contributed by atoms with van der Waals surface area (Å²) in [6.45, 7) is 8.54. The van der Waals surface area contributed by atoms with E-state index in [0.29, 0.717) is 24.8 Å². The lowest BCUT2D eigenvalue weighted by Crippen LogP contribution is -2.38. The monoisotopic (exact) mass is 359 g/mol. The van der Waals surface area contributed by atoms with Gasteiger partial charge in [-0.25, -0.2) is 4.39 Å². The van der Waals surface area contributed by atoms with Gasteiger partial charge in [0.1, 0.15) is 23.9 Å². The van der Waals surface area contributed by atoms with Crippen LogP contribution in [0.25, 0.3) is 0 Å². The Bertz CT molecular complexity index is 729. The van der Waals surface area contributed by atoms with E-state index in [1.54, 1.807) is 19.1 Å². The van der Waals surface area contributed by atoms with Crippen molar-refractivity contribution in [3.8, 4) is 11.5 Å². The third-order valence-electron chi connectivity index (χ3n) is 3.95. The van der Waals surface area contributed by atoms with Crippen molar-refractivity contribution in [2.24, 2.45) is 0 Å². The fraction of sp³-hybridized carbons (Fsp3) is 0.381. The Kier molecular flexibility index (Phi) is 7.01. The van der Waals surface area contributed by atoms with Crippen LogP contribution in [-0.4, -0.2) is 25.2 Å². The molecule has 2 aromatic rings. The van der Waals surface area contributed by atoms with E-state index < -0.39 is 6.10 Å². The summed E-state index contributed by atoms with van der Waals surface area (Å²) in [5.74, 6) is 1.10. The maximum Gasteiger partial charge on any atom is 0.260 e. The normalized spacial score (nSPS) is 11.9. The Labute approximate surface area is 154 Å². The molecule has 1 N–H and O–H groups in total. The van der Waals surface area contributed by atoms with Crippen molar-refractivity contribution >= 4 is 5.91 Å². The summed E-state index contributed by atoms with van der Waals surface area (Å²) >= 11 is 0. The maximum absolute atomic E-state index is 12.8. The Morgan fingerprint density at radius 2 is 1.81 bits per heavy atom. The molecule has 1 atom stereocenters. The molecule has 4 nitrogen and oxygen atoms in total. The smallest absolute Gasteiger partial charge is 0.260 e. The van der Waals surface area contributed by atoms with Gasteiger partial charge in [-0.1, -0.05) is 26.0 Å². The van der Waals surface area contributed by atoms with Crippen molar-refractivity contribution in [3.05, 3.63) is 59.4 Å². The van der Waals surface area contributed by atoms with E-state index in [1.165, 1.54) is 12.1 Å². The fourth-order valence-electron chi connectivity index (χ4n) is 2.48. The van der Waals surface area contributed by atoms with Crippen LogP contribution in [0.1, 0.15) is 37.8 Å². The minimum atomic E-state index is -0.611. The van der Waals surface area contributed by atoms with Crippen LogP contribution in [0.2, 0.25) is 0 Å². The van der Waals surface area contributed by atoms with Gasteiger partial charge in [0.15, 0.2) is 6.10 Å². The SMILES string of the molecule is Cc1ccc(C(C)C)c(OC(C)C(=O)NCCOc2ccc(F)cc2)c1. The van der Waals surface area contributed by atoms with Crippen LogP contribution < -0.4 is 14.8 Å². The van der Waals surface area contributed by atoms with Crippen molar-refractivity contribution in [3.63, 3.8) is 0 Å². The average molecular weight is 359 g/mol.